The molecule has 3 atom stereocenters. The lowest BCUT2D eigenvalue weighted by molar-refractivity contribution is -0.137. The number of nitrogens with two attached hydrogens (primary N) is 1. The van der Waals surface area contributed by atoms with Gasteiger partial charge in [-0.3, -0.25) is 9.69 Å². The first-order valence-corrected chi connectivity index (χ1v) is 17.7. The first-order valence-electron chi connectivity index (χ1n) is 17.7. The third-order valence-electron chi connectivity index (χ3n) is 10.7. The van der Waals surface area contributed by atoms with E-state index in [4.69, 9.17) is 24.9 Å². The zero-order valence-corrected chi connectivity index (χ0v) is 29.3. The molecule has 4 aromatic rings. The summed E-state index contributed by atoms with van der Waals surface area (Å²) in [6.45, 7) is 3.85. The Labute approximate surface area is 298 Å². The molecule has 0 spiro atoms. The number of hydrogen-bond donors (Lipinski definition) is 2. The molecular weight excluding hydrogens is 682 g/mol. The van der Waals surface area contributed by atoms with Gasteiger partial charge in [0.1, 0.15) is 41.5 Å². The van der Waals surface area contributed by atoms with Gasteiger partial charge in [0.15, 0.2) is 12.6 Å². The van der Waals surface area contributed by atoms with Crippen LogP contribution in [-0.2, 0) is 16.0 Å². The maximum Gasteiger partial charge on any atom is 0.319 e. The highest BCUT2D eigenvalue weighted by Gasteiger charge is 2.49. The molecule has 52 heavy (non-hydrogen) atoms. The molecule has 0 radical (unpaired) electrons. The molecule has 14 heteroatoms. The summed E-state index contributed by atoms with van der Waals surface area (Å²) in [4.78, 5) is 24.5. The standard InChI is InChI=1S/C38H43F4N5O5/c1-37(43)10-4-12-46(19-37)35-27-16-29(41)32(33(42)34(27)44-36(45-35)51-20-38-11-5-13-47(38)18-23(39)17-38)26-15-24(52-21-50-2)14-22-8-9-28(40)25(31(22)26)6-3-7-30(48)49/h8-9,14-16,23H,3-7,10-13,17-21,43H2,1-2H3,(H,48,49)/t23-,37-,38+/m1/s1. The number of hydrogen-bond acceptors (Lipinski definition) is 9. The monoisotopic (exact) mass is 725 g/mol. The van der Waals surface area contributed by atoms with Crippen LogP contribution in [0, 0.1) is 17.5 Å². The Hall–Kier alpha value is -4.27. The Kier molecular flexibility index (Phi) is 9.91. The fraction of sp³-hybridized carbons (Fsp3) is 0.500. The van der Waals surface area contributed by atoms with Crippen LogP contribution in [0.25, 0.3) is 32.8 Å². The molecule has 3 saturated heterocycles. The van der Waals surface area contributed by atoms with E-state index in [1.807, 2.05) is 11.8 Å². The van der Waals surface area contributed by atoms with Crippen molar-refractivity contribution in [1.82, 2.24) is 14.9 Å². The van der Waals surface area contributed by atoms with Crippen molar-refractivity contribution in [3.63, 3.8) is 0 Å². The minimum absolute atomic E-state index is 0.000828. The van der Waals surface area contributed by atoms with Gasteiger partial charge in [0.05, 0.1) is 11.1 Å². The van der Waals surface area contributed by atoms with Crippen molar-refractivity contribution in [2.75, 3.05) is 51.6 Å². The van der Waals surface area contributed by atoms with E-state index >= 15 is 13.2 Å². The van der Waals surface area contributed by atoms with E-state index < -0.39 is 46.2 Å². The zero-order chi connectivity index (χ0) is 36.8. The van der Waals surface area contributed by atoms with Gasteiger partial charge in [-0.15, -0.1) is 0 Å². The number of aromatic nitrogens is 2. The van der Waals surface area contributed by atoms with Crippen molar-refractivity contribution in [3.05, 3.63) is 53.3 Å². The van der Waals surface area contributed by atoms with Gasteiger partial charge in [0.2, 0.25) is 0 Å². The fourth-order valence-corrected chi connectivity index (χ4v) is 8.37. The molecule has 7 rings (SSSR count). The van der Waals surface area contributed by atoms with Crippen LogP contribution in [-0.4, -0.2) is 89.9 Å². The summed E-state index contributed by atoms with van der Waals surface area (Å²) in [5, 5.41) is 10.0. The molecule has 278 valence electrons. The third kappa shape index (κ3) is 6.95. The number of fused-ring (bicyclic) bond motifs is 3. The summed E-state index contributed by atoms with van der Waals surface area (Å²) in [5.74, 6) is -3.16. The molecule has 1 aromatic heterocycles. The number of aryl methyl sites for hydroxylation is 1. The Balaban J connectivity index is 1.41. The van der Waals surface area contributed by atoms with E-state index in [9.17, 15) is 14.3 Å². The van der Waals surface area contributed by atoms with Crippen LogP contribution in [0.4, 0.5) is 23.4 Å². The number of carboxylic acid groups (broad SMARTS) is 1. The molecule has 0 saturated carbocycles. The van der Waals surface area contributed by atoms with E-state index in [-0.39, 0.29) is 77.7 Å². The summed E-state index contributed by atoms with van der Waals surface area (Å²) >= 11 is 0. The van der Waals surface area contributed by atoms with Crippen molar-refractivity contribution in [1.29, 1.82) is 0 Å². The summed E-state index contributed by atoms with van der Waals surface area (Å²) in [6, 6.07) is 6.79. The molecule has 3 aliphatic rings. The van der Waals surface area contributed by atoms with Crippen LogP contribution in [0.2, 0.25) is 0 Å². The second kappa shape index (κ2) is 14.3. The van der Waals surface area contributed by atoms with Gasteiger partial charge in [0, 0.05) is 50.5 Å². The number of halogens is 4. The topological polar surface area (TPSA) is 123 Å². The van der Waals surface area contributed by atoms with Crippen molar-refractivity contribution < 1.29 is 41.7 Å². The zero-order valence-electron chi connectivity index (χ0n) is 29.3. The van der Waals surface area contributed by atoms with Crippen LogP contribution in [0.3, 0.4) is 0 Å². The Bertz CT molecular complexity index is 2010. The second-order valence-electron chi connectivity index (χ2n) is 14.7. The predicted octanol–water partition coefficient (Wildman–Crippen LogP) is 6.53. The molecule has 3 fully saturated rings. The fourth-order valence-electron chi connectivity index (χ4n) is 8.37. The number of methoxy groups -OCH3 is 1. The van der Waals surface area contributed by atoms with Gasteiger partial charge in [0.25, 0.3) is 0 Å². The number of anilines is 1. The molecule has 3 N–H and O–H groups in total. The van der Waals surface area contributed by atoms with Crippen LogP contribution in [0.5, 0.6) is 11.8 Å². The molecule has 3 aliphatic heterocycles. The molecule has 0 aliphatic carbocycles. The number of rotatable bonds is 12. The lowest BCUT2D eigenvalue weighted by Gasteiger charge is -2.39. The molecule has 3 aromatic carbocycles. The van der Waals surface area contributed by atoms with E-state index in [2.05, 4.69) is 9.88 Å². The number of nitrogens with zero attached hydrogens (tertiary/aromatic N) is 4. The van der Waals surface area contributed by atoms with Gasteiger partial charge < -0.3 is 30.0 Å². The highest BCUT2D eigenvalue weighted by Crippen LogP contribution is 2.44. The average molecular weight is 726 g/mol. The SMILES string of the molecule is COCOc1cc(-c2c(F)cc3c(N4CCC[C@@](C)(N)C4)nc(OC[C@@]45CCCN4C[C@H](F)C5)nc3c2F)c2c(CCCC(=O)O)c(F)ccc2c1. The number of aliphatic carboxylic acids is 1. The van der Waals surface area contributed by atoms with Gasteiger partial charge >= 0.3 is 12.0 Å². The van der Waals surface area contributed by atoms with Crippen LogP contribution in [0.15, 0.2) is 30.3 Å². The maximum atomic E-state index is 17.3. The molecule has 0 amide bonds. The molecule has 10 nitrogen and oxygen atoms in total. The highest BCUT2D eigenvalue weighted by molar-refractivity contribution is 6.03. The van der Waals surface area contributed by atoms with Gasteiger partial charge in [-0.2, -0.15) is 9.97 Å². The lowest BCUT2D eigenvalue weighted by atomic mass is 9.90. The summed E-state index contributed by atoms with van der Waals surface area (Å²) < 4.78 is 81.0. The van der Waals surface area contributed by atoms with E-state index in [1.54, 1.807) is 6.07 Å². The molecule has 0 bridgehead atoms. The number of benzene rings is 3. The van der Waals surface area contributed by atoms with Gasteiger partial charge in [-0.1, -0.05) is 6.07 Å². The first-order chi connectivity index (χ1) is 24.9. The Morgan fingerprint density at radius 1 is 1.08 bits per heavy atom. The van der Waals surface area contributed by atoms with Gasteiger partial charge in [-0.05, 0) is 98.2 Å². The number of carboxylic acids is 1. The highest BCUT2D eigenvalue weighted by atomic mass is 19.1. The van der Waals surface area contributed by atoms with E-state index in [0.29, 0.717) is 31.4 Å². The van der Waals surface area contributed by atoms with E-state index in [0.717, 1.165) is 32.2 Å². The average Bonchev–Trinajstić information content (AvgIpc) is 3.62. The summed E-state index contributed by atoms with van der Waals surface area (Å²) in [7, 11) is 1.43. The molecule has 0 unspecified atom stereocenters. The number of alkyl halides is 1. The number of ether oxygens (including phenoxy) is 3. The largest absolute Gasteiger partial charge is 0.481 e. The quantitative estimate of drug-likeness (QED) is 0.123. The smallest absolute Gasteiger partial charge is 0.319 e. The van der Waals surface area contributed by atoms with Crippen LogP contribution >= 0.6 is 0 Å². The van der Waals surface area contributed by atoms with E-state index in [1.165, 1.54) is 31.4 Å². The van der Waals surface area contributed by atoms with Crippen LogP contribution in [0.1, 0.15) is 57.4 Å². The first kappa shape index (κ1) is 36.1. The van der Waals surface area contributed by atoms with Gasteiger partial charge in [-0.25, -0.2) is 17.6 Å². The van der Waals surface area contributed by atoms with Crippen molar-refractivity contribution in [3.8, 4) is 22.9 Å². The molecular formula is C38H43F4N5O5. The number of carbonyl (C=O) groups is 1. The third-order valence-corrected chi connectivity index (χ3v) is 10.7. The van der Waals surface area contributed by atoms with Crippen molar-refractivity contribution in [2.45, 2.75) is 75.5 Å². The van der Waals surface area contributed by atoms with Crippen molar-refractivity contribution >= 4 is 33.5 Å². The Morgan fingerprint density at radius 3 is 2.65 bits per heavy atom. The predicted molar refractivity (Wildman–Crippen MR) is 188 cm³/mol. The number of piperidine rings is 1. The lowest BCUT2D eigenvalue weighted by Crippen LogP contribution is -2.52. The van der Waals surface area contributed by atoms with Crippen LogP contribution < -0.4 is 20.1 Å². The normalized spacial score (nSPS) is 23.4. The maximum absolute atomic E-state index is 17.3. The summed E-state index contributed by atoms with van der Waals surface area (Å²) in [5.41, 5.74) is 4.88. The Morgan fingerprint density at radius 2 is 1.88 bits per heavy atom. The minimum Gasteiger partial charge on any atom is -0.481 e. The summed E-state index contributed by atoms with van der Waals surface area (Å²) in [6.07, 6.45) is 2.36. The minimum atomic E-state index is -1.04. The second-order valence-corrected chi connectivity index (χ2v) is 14.7. The van der Waals surface area contributed by atoms with Crippen molar-refractivity contribution in [2.24, 2.45) is 5.73 Å². The molecule has 4 heterocycles.